The van der Waals surface area contributed by atoms with Crippen molar-refractivity contribution in [2.24, 2.45) is 0 Å². The molecule has 3 rings (SSSR count). The van der Waals surface area contributed by atoms with Crippen molar-refractivity contribution in [2.75, 3.05) is 37.3 Å². The maximum absolute atomic E-state index is 12.4. The average Bonchev–Trinajstić information content (AvgIpc) is 3.14. The van der Waals surface area contributed by atoms with E-state index in [1.807, 2.05) is 16.5 Å². The Kier molecular flexibility index (Phi) is 5.56. The second kappa shape index (κ2) is 7.84. The quantitative estimate of drug-likeness (QED) is 0.779. The Balaban J connectivity index is 1.48. The number of hydrogen-bond donors (Lipinski definition) is 0. The first-order valence-corrected chi connectivity index (χ1v) is 9.92. The van der Waals surface area contributed by atoms with E-state index in [2.05, 4.69) is 40.4 Å². The molecule has 1 fully saturated rings. The molecule has 1 aliphatic rings. The van der Waals surface area contributed by atoms with Gasteiger partial charge in [-0.05, 0) is 30.4 Å². The van der Waals surface area contributed by atoms with E-state index in [0.717, 1.165) is 37.7 Å². The Bertz CT molecular complexity index is 637. The van der Waals surface area contributed by atoms with Crippen molar-refractivity contribution < 1.29 is 4.79 Å². The minimum absolute atomic E-state index is 0.262. The van der Waals surface area contributed by atoms with Crippen LogP contribution in [0.1, 0.15) is 12.0 Å². The van der Waals surface area contributed by atoms with Gasteiger partial charge in [0.2, 0.25) is 5.91 Å². The molecule has 0 N–H and O–H groups in total. The number of nitrogens with zero attached hydrogens (tertiary/aromatic N) is 3. The molecule has 2 heterocycles. The zero-order valence-electron chi connectivity index (χ0n) is 13.3. The Morgan fingerprint density at radius 2 is 2.13 bits per heavy atom. The number of hydrogen-bond acceptors (Lipinski definition) is 5. The van der Waals surface area contributed by atoms with E-state index >= 15 is 0 Å². The lowest BCUT2D eigenvalue weighted by atomic mass is 10.1. The molecule has 1 saturated heterocycles. The van der Waals surface area contributed by atoms with Crippen LogP contribution in [0.3, 0.4) is 0 Å². The van der Waals surface area contributed by atoms with Crippen LogP contribution in [0.5, 0.6) is 0 Å². The fourth-order valence-electron chi connectivity index (χ4n) is 2.76. The number of piperazine rings is 1. The highest BCUT2D eigenvalue weighted by Crippen LogP contribution is 2.20. The molecular formula is C17H21N3OS2. The highest BCUT2D eigenvalue weighted by atomic mass is 32.2. The Morgan fingerprint density at radius 1 is 1.30 bits per heavy atom. The zero-order valence-corrected chi connectivity index (χ0v) is 14.9. The van der Waals surface area contributed by atoms with E-state index in [0.29, 0.717) is 6.42 Å². The van der Waals surface area contributed by atoms with Crippen molar-refractivity contribution in [3.63, 3.8) is 0 Å². The molecule has 0 aliphatic carbocycles. The van der Waals surface area contributed by atoms with Crippen LogP contribution < -0.4 is 4.90 Å². The standard InChI is InChI=1S/C17H21N3OS2/c1-22-15-4-2-3-14(13-15)5-6-16(21)19-8-10-20(11-9-19)17-18-7-12-23-17/h2-4,7,12-13H,5-6,8-11H2,1H3. The highest BCUT2D eigenvalue weighted by Gasteiger charge is 2.21. The number of carbonyl (C=O) groups is 1. The molecule has 4 nitrogen and oxygen atoms in total. The van der Waals surface area contributed by atoms with Crippen LogP contribution in [0.15, 0.2) is 40.7 Å². The number of aryl methyl sites for hydroxylation is 1. The fraction of sp³-hybridized carbons (Fsp3) is 0.412. The number of aromatic nitrogens is 1. The predicted octanol–water partition coefficient (Wildman–Crippen LogP) is 3.15. The number of benzene rings is 1. The largest absolute Gasteiger partial charge is 0.345 e. The summed E-state index contributed by atoms with van der Waals surface area (Å²) in [6.45, 7) is 3.34. The third-order valence-electron chi connectivity index (χ3n) is 4.08. The summed E-state index contributed by atoms with van der Waals surface area (Å²) in [4.78, 5) is 22.3. The van der Waals surface area contributed by atoms with Gasteiger partial charge in [-0.25, -0.2) is 4.98 Å². The second-order valence-corrected chi connectivity index (χ2v) is 7.29. The summed E-state index contributed by atoms with van der Waals surface area (Å²) in [5, 5.41) is 3.06. The lowest BCUT2D eigenvalue weighted by Crippen LogP contribution is -2.48. The van der Waals surface area contributed by atoms with Gasteiger partial charge in [-0.15, -0.1) is 23.1 Å². The minimum atomic E-state index is 0.262. The van der Waals surface area contributed by atoms with Gasteiger partial charge in [0.15, 0.2) is 5.13 Å². The normalized spacial score (nSPS) is 15.0. The van der Waals surface area contributed by atoms with Gasteiger partial charge in [-0.1, -0.05) is 12.1 Å². The summed E-state index contributed by atoms with van der Waals surface area (Å²) in [5.74, 6) is 0.262. The third-order valence-corrected chi connectivity index (χ3v) is 5.64. The van der Waals surface area contributed by atoms with Crippen molar-refractivity contribution in [1.82, 2.24) is 9.88 Å². The summed E-state index contributed by atoms with van der Waals surface area (Å²) in [6.07, 6.45) is 5.32. The van der Waals surface area contributed by atoms with E-state index < -0.39 is 0 Å². The highest BCUT2D eigenvalue weighted by molar-refractivity contribution is 7.98. The summed E-state index contributed by atoms with van der Waals surface area (Å²) in [7, 11) is 0. The molecule has 6 heteroatoms. The third kappa shape index (κ3) is 4.26. The number of thioether (sulfide) groups is 1. The Labute approximate surface area is 145 Å². The van der Waals surface area contributed by atoms with Crippen LogP contribution >= 0.6 is 23.1 Å². The molecular weight excluding hydrogens is 326 g/mol. The topological polar surface area (TPSA) is 36.4 Å². The van der Waals surface area contributed by atoms with E-state index in [-0.39, 0.29) is 5.91 Å². The maximum atomic E-state index is 12.4. The summed E-state index contributed by atoms with van der Waals surface area (Å²) >= 11 is 3.40. The monoisotopic (exact) mass is 347 g/mol. The molecule has 0 atom stereocenters. The molecule has 1 amide bonds. The Morgan fingerprint density at radius 3 is 2.83 bits per heavy atom. The number of amides is 1. The van der Waals surface area contributed by atoms with Crippen LogP contribution in [-0.4, -0.2) is 48.2 Å². The Hall–Kier alpha value is -1.53. The lowest BCUT2D eigenvalue weighted by molar-refractivity contribution is -0.131. The maximum Gasteiger partial charge on any atom is 0.223 e. The van der Waals surface area contributed by atoms with Crippen LogP contribution in [0.25, 0.3) is 0 Å². The molecule has 0 bridgehead atoms. The first-order chi connectivity index (χ1) is 11.3. The van der Waals surface area contributed by atoms with Gasteiger partial charge >= 0.3 is 0 Å². The average molecular weight is 348 g/mol. The zero-order chi connectivity index (χ0) is 16.1. The van der Waals surface area contributed by atoms with Gasteiger partial charge in [0.05, 0.1) is 0 Å². The molecule has 1 aromatic carbocycles. The van der Waals surface area contributed by atoms with E-state index in [9.17, 15) is 4.79 Å². The number of rotatable bonds is 5. The predicted molar refractivity (Wildman–Crippen MR) is 97.5 cm³/mol. The SMILES string of the molecule is CSc1cccc(CCC(=O)N2CCN(c3nccs3)CC2)c1. The van der Waals surface area contributed by atoms with Crippen LogP contribution in [-0.2, 0) is 11.2 Å². The van der Waals surface area contributed by atoms with E-state index in [4.69, 9.17) is 0 Å². The summed E-state index contributed by atoms with van der Waals surface area (Å²) in [5.41, 5.74) is 1.24. The molecule has 1 aliphatic heterocycles. The number of thiazole rings is 1. The van der Waals surface area contributed by atoms with Gasteiger partial charge in [0, 0.05) is 49.1 Å². The van der Waals surface area contributed by atoms with Crippen molar-refractivity contribution in [2.45, 2.75) is 17.7 Å². The van der Waals surface area contributed by atoms with Crippen molar-refractivity contribution in [3.05, 3.63) is 41.4 Å². The first kappa shape index (κ1) is 16.3. The number of carbonyl (C=O) groups excluding carboxylic acids is 1. The number of anilines is 1. The van der Waals surface area contributed by atoms with Crippen molar-refractivity contribution in [3.8, 4) is 0 Å². The second-order valence-electron chi connectivity index (χ2n) is 5.53. The molecule has 2 aromatic rings. The van der Waals surface area contributed by atoms with Crippen LogP contribution in [0, 0.1) is 0 Å². The molecule has 0 saturated carbocycles. The fourth-order valence-corrected chi connectivity index (χ4v) is 3.94. The first-order valence-electron chi connectivity index (χ1n) is 7.81. The van der Waals surface area contributed by atoms with Gasteiger partial charge in [0.1, 0.15) is 0 Å². The molecule has 23 heavy (non-hydrogen) atoms. The van der Waals surface area contributed by atoms with Gasteiger partial charge in [0.25, 0.3) is 0 Å². The smallest absolute Gasteiger partial charge is 0.223 e. The van der Waals surface area contributed by atoms with Crippen molar-refractivity contribution >= 4 is 34.1 Å². The van der Waals surface area contributed by atoms with Gasteiger partial charge in [-0.3, -0.25) is 4.79 Å². The van der Waals surface area contributed by atoms with Crippen LogP contribution in [0.4, 0.5) is 5.13 Å². The molecule has 0 unspecified atom stereocenters. The van der Waals surface area contributed by atoms with Crippen LogP contribution in [0.2, 0.25) is 0 Å². The van der Waals surface area contributed by atoms with E-state index in [1.165, 1.54) is 10.5 Å². The lowest BCUT2D eigenvalue weighted by Gasteiger charge is -2.34. The van der Waals surface area contributed by atoms with E-state index in [1.54, 1.807) is 23.1 Å². The molecule has 0 radical (unpaired) electrons. The molecule has 1 aromatic heterocycles. The summed E-state index contributed by atoms with van der Waals surface area (Å²) in [6, 6.07) is 8.46. The summed E-state index contributed by atoms with van der Waals surface area (Å²) < 4.78 is 0. The molecule has 0 spiro atoms. The molecule has 122 valence electrons. The van der Waals surface area contributed by atoms with Crippen molar-refractivity contribution in [1.29, 1.82) is 0 Å². The van der Waals surface area contributed by atoms with Gasteiger partial charge in [-0.2, -0.15) is 0 Å². The minimum Gasteiger partial charge on any atom is -0.345 e. The van der Waals surface area contributed by atoms with Gasteiger partial charge < -0.3 is 9.80 Å².